The second-order valence-electron chi connectivity index (χ2n) is 5.48. The third kappa shape index (κ3) is 3.86. The maximum atomic E-state index is 12.3. The summed E-state index contributed by atoms with van der Waals surface area (Å²) in [5.74, 6) is -0.719. The van der Waals surface area contributed by atoms with Crippen molar-refractivity contribution in [2.45, 2.75) is 5.54 Å². The number of aliphatic hydroxyl groups excluding tert-OH is 3. The van der Waals surface area contributed by atoms with Gasteiger partial charge < -0.3 is 20.6 Å². The molecule has 0 fully saturated rings. The monoisotopic (exact) mass is 329 g/mol. The van der Waals surface area contributed by atoms with E-state index in [9.17, 15) is 24.9 Å². The Labute approximate surface area is 139 Å². The zero-order valence-corrected chi connectivity index (χ0v) is 13.0. The second kappa shape index (κ2) is 7.83. The average molecular weight is 329 g/mol. The number of benzene rings is 2. The highest BCUT2D eigenvalue weighted by Gasteiger charge is 2.30. The summed E-state index contributed by atoms with van der Waals surface area (Å²) in [5.41, 5.74) is -0.250. The summed E-state index contributed by atoms with van der Waals surface area (Å²) in [4.78, 5) is 24.5. The van der Waals surface area contributed by atoms with Crippen molar-refractivity contribution in [3.63, 3.8) is 0 Å². The fraction of sp³-hybridized carbons (Fsp3) is 0.222. The molecule has 4 N–H and O–H groups in total. The molecule has 0 saturated heterocycles. The van der Waals surface area contributed by atoms with Crippen LogP contribution in [0.4, 0.5) is 0 Å². The molecular weight excluding hydrogens is 310 g/mol. The first kappa shape index (κ1) is 17.8. The molecule has 2 aromatic rings. The lowest BCUT2D eigenvalue weighted by Gasteiger charge is -2.28. The summed E-state index contributed by atoms with van der Waals surface area (Å²) >= 11 is 0. The number of hydrogen-bond donors (Lipinski definition) is 4. The number of nitrogens with one attached hydrogen (secondary N) is 1. The standard InChI is InChI=1S/C18H19NO5/c20-10-18(11-21,12-22)19-17(24)15-8-6-14(7-9-15)16(23)13-4-2-1-3-5-13/h1-9,20-22H,10-12H2,(H,19,24). The Morgan fingerprint density at radius 3 is 1.71 bits per heavy atom. The van der Waals surface area contributed by atoms with Crippen LogP contribution < -0.4 is 5.32 Å². The van der Waals surface area contributed by atoms with E-state index in [1.54, 1.807) is 24.3 Å². The van der Waals surface area contributed by atoms with E-state index >= 15 is 0 Å². The van der Waals surface area contributed by atoms with Gasteiger partial charge in [0.2, 0.25) is 0 Å². The molecule has 2 rings (SSSR count). The molecule has 0 radical (unpaired) electrons. The number of rotatable bonds is 7. The number of carbonyl (C=O) groups excluding carboxylic acids is 2. The van der Waals surface area contributed by atoms with Gasteiger partial charge >= 0.3 is 0 Å². The molecular formula is C18H19NO5. The van der Waals surface area contributed by atoms with Gasteiger partial charge in [-0.05, 0) is 12.1 Å². The molecule has 24 heavy (non-hydrogen) atoms. The van der Waals surface area contributed by atoms with Gasteiger partial charge in [0, 0.05) is 16.7 Å². The summed E-state index contributed by atoms with van der Waals surface area (Å²) in [7, 11) is 0. The molecule has 0 aliphatic heterocycles. The van der Waals surface area contributed by atoms with E-state index < -0.39 is 31.3 Å². The maximum absolute atomic E-state index is 12.3. The predicted octanol–water partition coefficient (Wildman–Crippen LogP) is 0.363. The zero-order valence-electron chi connectivity index (χ0n) is 13.0. The van der Waals surface area contributed by atoms with Crippen LogP contribution in [0.2, 0.25) is 0 Å². The molecule has 0 aromatic heterocycles. The Kier molecular flexibility index (Phi) is 5.81. The first-order chi connectivity index (χ1) is 11.5. The summed E-state index contributed by atoms with van der Waals surface area (Å²) < 4.78 is 0. The second-order valence-corrected chi connectivity index (χ2v) is 5.48. The van der Waals surface area contributed by atoms with E-state index in [2.05, 4.69) is 5.32 Å². The number of amides is 1. The molecule has 0 aliphatic carbocycles. The van der Waals surface area contributed by atoms with Gasteiger partial charge in [-0.15, -0.1) is 0 Å². The van der Waals surface area contributed by atoms with Crippen molar-refractivity contribution in [3.8, 4) is 0 Å². The zero-order chi connectivity index (χ0) is 17.6. The number of hydrogen-bond acceptors (Lipinski definition) is 5. The van der Waals surface area contributed by atoms with Crippen molar-refractivity contribution < 1.29 is 24.9 Å². The van der Waals surface area contributed by atoms with Crippen molar-refractivity contribution in [2.75, 3.05) is 19.8 Å². The van der Waals surface area contributed by atoms with E-state index in [1.807, 2.05) is 6.07 Å². The molecule has 6 heteroatoms. The van der Waals surface area contributed by atoms with Crippen molar-refractivity contribution >= 4 is 11.7 Å². The topological polar surface area (TPSA) is 107 Å². The fourth-order valence-corrected chi connectivity index (χ4v) is 2.11. The van der Waals surface area contributed by atoms with E-state index in [0.717, 1.165) is 0 Å². The van der Waals surface area contributed by atoms with Gasteiger partial charge in [-0.2, -0.15) is 0 Å². The Morgan fingerprint density at radius 2 is 1.21 bits per heavy atom. The minimum absolute atomic E-state index is 0.155. The van der Waals surface area contributed by atoms with Crippen molar-refractivity contribution in [1.29, 1.82) is 0 Å². The lowest BCUT2D eigenvalue weighted by Crippen LogP contribution is -2.57. The number of carbonyl (C=O) groups is 2. The smallest absolute Gasteiger partial charge is 0.251 e. The third-order valence-corrected chi connectivity index (χ3v) is 3.73. The highest BCUT2D eigenvalue weighted by atomic mass is 16.3. The highest BCUT2D eigenvalue weighted by Crippen LogP contribution is 2.12. The summed E-state index contributed by atoms with van der Waals surface area (Å²) in [6.45, 7) is -1.80. The quantitative estimate of drug-likeness (QED) is 0.549. The van der Waals surface area contributed by atoms with E-state index in [0.29, 0.717) is 11.1 Å². The van der Waals surface area contributed by atoms with E-state index in [-0.39, 0.29) is 11.3 Å². The number of aliphatic hydroxyl groups is 3. The van der Waals surface area contributed by atoms with Crippen molar-refractivity contribution in [3.05, 3.63) is 71.3 Å². The largest absolute Gasteiger partial charge is 0.394 e. The Morgan fingerprint density at radius 1 is 0.750 bits per heavy atom. The minimum Gasteiger partial charge on any atom is -0.394 e. The van der Waals surface area contributed by atoms with Crippen LogP contribution in [0.25, 0.3) is 0 Å². The summed E-state index contributed by atoms with van der Waals surface area (Å²) in [5, 5.41) is 30.1. The van der Waals surface area contributed by atoms with E-state index in [4.69, 9.17) is 0 Å². The van der Waals surface area contributed by atoms with Crippen LogP contribution in [0.3, 0.4) is 0 Å². The molecule has 1 amide bonds. The molecule has 6 nitrogen and oxygen atoms in total. The maximum Gasteiger partial charge on any atom is 0.251 e. The SMILES string of the molecule is O=C(NC(CO)(CO)CO)c1ccc(C(=O)c2ccccc2)cc1. The van der Waals surface area contributed by atoms with Gasteiger partial charge in [-0.3, -0.25) is 9.59 Å². The van der Waals surface area contributed by atoms with Crippen LogP contribution in [0.1, 0.15) is 26.3 Å². The Hall–Kier alpha value is -2.54. The molecule has 0 atom stereocenters. The van der Waals surface area contributed by atoms with Crippen LogP contribution in [-0.2, 0) is 0 Å². The summed E-state index contributed by atoms with van der Waals surface area (Å²) in [6.07, 6.45) is 0. The van der Waals surface area contributed by atoms with Crippen LogP contribution in [-0.4, -0.2) is 52.4 Å². The molecule has 0 unspecified atom stereocenters. The highest BCUT2D eigenvalue weighted by molar-refractivity contribution is 6.09. The normalized spacial score (nSPS) is 11.1. The molecule has 0 heterocycles. The van der Waals surface area contributed by atoms with Gasteiger partial charge in [0.25, 0.3) is 5.91 Å². The van der Waals surface area contributed by atoms with Gasteiger partial charge in [-0.1, -0.05) is 42.5 Å². The Balaban J connectivity index is 2.14. The molecule has 0 saturated carbocycles. The molecule has 0 bridgehead atoms. The lowest BCUT2D eigenvalue weighted by atomic mass is 10.0. The summed E-state index contributed by atoms with van der Waals surface area (Å²) in [6, 6.07) is 14.8. The van der Waals surface area contributed by atoms with Crippen LogP contribution in [0.15, 0.2) is 54.6 Å². The van der Waals surface area contributed by atoms with Crippen molar-refractivity contribution in [1.82, 2.24) is 5.32 Å². The first-order valence-corrected chi connectivity index (χ1v) is 7.40. The minimum atomic E-state index is -1.49. The Bertz CT molecular complexity index is 685. The predicted molar refractivity (Wildman–Crippen MR) is 87.8 cm³/mol. The van der Waals surface area contributed by atoms with Crippen LogP contribution in [0, 0.1) is 0 Å². The van der Waals surface area contributed by atoms with Crippen molar-refractivity contribution in [2.24, 2.45) is 0 Å². The van der Waals surface area contributed by atoms with Gasteiger partial charge in [-0.25, -0.2) is 0 Å². The molecule has 2 aromatic carbocycles. The first-order valence-electron chi connectivity index (χ1n) is 7.40. The lowest BCUT2D eigenvalue weighted by molar-refractivity contribution is 0.0375. The van der Waals surface area contributed by atoms with Gasteiger partial charge in [0.05, 0.1) is 19.8 Å². The van der Waals surface area contributed by atoms with Crippen LogP contribution in [0.5, 0.6) is 0 Å². The number of ketones is 1. The average Bonchev–Trinajstić information content (AvgIpc) is 2.66. The van der Waals surface area contributed by atoms with Gasteiger partial charge in [0.15, 0.2) is 5.78 Å². The third-order valence-electron chi connectivity index (χ3n) is 3.73. The van der Waals surface area contributed by atoms with Gasteiger partial charge in [0.1, 0.15) is 5.54 Å². The molecule has 0 aliphatic rings. The molecule has 0 spiro atoms. The fourth-order valence-electron chi connectivity index (χ4n) is 2.11. The molecule has 126 valence electrons. The van der Waals surface area contributed by atoms with Crippen LogP contribution >= 0.6 is 0 Å². The van der Waals surface area contributed by atoms with E-state index in [1.165, 1.54) is 24.3 Å².